The highest BCUT2D eigenvalue weighted by Crippen LogP contribution is 2.28. The van der Waals surface area contributed by atoms with Crippen molar-refractivity contribution < 1.29 is 9.53 Å². The summed E-state index contributed by atoms with van der Waals surface area (Å²) in [5.41, 5.74) is 1.35. The van der Waals surface area contributed by atoms with Gasteiger partial charge < -0.3 is 14.6 Å². The van der Waals surface area contributed by atoms with Gasteiger partial charge in [0, 0.05) is 22.9 Å². The Morgan fingerprint density at radius 1 is 1.33 bits per heavy atom. The van der Waals surface area contributed by atoms with E-state index < -0.39 is 0 Å². The molecule has 0 bridgehead atoms. The van der Waals surface area contributed by atoms with Gasteiger partial charge in [-0.3, -0.25) is 4.79 Å². The molecule has 1 aromatic carbocycles. The van der Waals surface area contributed by atoms with Crippen molar-refractivity contribution in [1.82, 2.24) is 4.57 Å². The van der Waals surface area contributed by atoms with Crippen molar-refractivity contribution in [2.24, 2.45) is 0 Å². The molecule has 0 saturated heterocycles. The number of anilines is 1. The Hall–Kier alpha value is -1.27. The van der Waals surface area contributed by atoms with Crippen LogP contribution in [0.15, 0.2) is 39.4 Å². The average Bonchev–Trinajstić information content (AvgIpc) is 2.80. The van der Waals surface area contributed by atoms with Gasteiger partial charge in [0.05, 0.1) is 11.6 Å². The second-order valence-corrected chi connectivity index (χ2v) is 6.31. The molecule has 0 radical (unpaired) electrons. The number of nitrogens with zero attached hydrogens (tertiary/aromatic N) is 1. The number of carbonyl (C=O) groups is 1. The van der Waals surface area contributed by atoms with Crippen molar-refractivity contribution in [1.29, 1.82) is 0 Å². The molecule has 0 atom stereocenters. The Kier molecular flexibility index (Phi) is 5.47. The number of ether oxygens (including phenoxy) is 1. The van der Waals surface area contributed by atoms with Crippen molar-refractivity contribution in [2.75, 3.05) is 12.4 Å². The molecular weight excluding hydrogens is 400 g/mol. The molecule has 0 aliphatic carbocycles. The predicted octanol–water partition coefficient (Wildman–Crippen LogP) is 4.68. The quantitative estimate of drug-likeness (QED) is 0.769. The van der Waals surface area contributed by atoms with Crippen molar-refractivity contribution >= 4 is 43.5 Å². The van der Waals surface area contributed by atoms with Crippen LogP contribution in [-0.2, 0) is 6.54 Å². The molecule has 6 heteroatoms. The zero-order valence-electron chi connectivity index (χ0n) is 11.8. The predicted molar refractivity (Wildman–Crippen MR) is 91.1 cm³/mol. The second-order valence-electron chi connectivity index (χ2n) is 4.54. The van der Waals surface area contributed by atoms with Crippen LogP contribution < -0.4 is 10.1 Å². The second kappa shape index (κ2) is 7.13. The smallest absolute Gasteiger partial charge is 0.272 e. The van der Waals surface area contributed by atoms with E-state index in [1.165, 1.54) is 0 Å². The van der Waals surface area contributed by atoms with E-state index in [0.717, 1.165) is 27.7 Å². The number of nitrogens with one attached hydrogen (secondary N) is 1. The number of halogens is 2. The molecule has 0 aliphatic rings. The molecule has 0 unspecified atom stereocenters. The zero-order valence-corrected chi connectivity index (χ0v) is 15.0. The van der Waals surface area contributed by atoms with Crippen LogP contribution in [0, 0.1) is 0 Å². The van der Waals surface area contributed by atoms with E-state index in [-0.39, 0.29) is 5.91 Å². The molecule has 1 amide bonds. The Balaban J connectivity index is 2.19. The minimum Gasteiger partial charge on any atom is -0.496 e. The van der Waals surface area contributed by atoms with E-state index in [1.54, 1.807) is 13.2 Å². The molecule has 112 valence electrons. The number of hydrogen-bond acceptors (Lipinski definition) is 2. The number of aryl methyl sites for hydroxylation is 1. The molecule has 1 aromatic heterocycles. The highest BCUT2D eigenvalue weighted by atomic mass is 79.9. The maximum Gasteiger partial charge on any atom is 0.272 e. The van der Waals surface area contributed by atoms with Gasteiger partial charge in [-0.1, -0.05) is 6.92 Å². The molecule has 4 nitrogen and oxygen atoms in total. The molecule has 0 fully saturated rings. The lowest BCUT2D eigenvalue weighted by molar-refractivity contribution is 0.101. The number of carbonyl (C=O) groups excluding carboxylic acids is 1. The largest absolute Gasteiger partial charge is 0.496 e. The Labute approximate surface area is 140 Å². The minimum atomic E-state index is -0.133. The van der Waals surface area contributed by atoms with Gasteiger partial charge in [0.25, 0.3) is 5.91 Å². The van der Waals surface area contributed by atoms with Gasteiger partial charge in [-0.2, -0.15) is 0 Å². The van der Waals surface area contributed by atoms with Crippen molar-refractivity contribution in [3.63, 3.8) is 0 Å². The summed E-state index contributed by atoms with van der Waals surface area (Å²) in [6.45, 7) is 2.89. The highest BCUT2D eigenvalue weighted by Gasteiger charge is 2.13. The van der Waals surface area contributed by atoms with Crippen LogP contribution >= 0.6 is 31.9 Å². The molecular formula is C15H16Br2N2O2. The molecule has 2 rings (SSSR count). The Bertz CT molecular complexity index is 653. The van der Waals surface area contributed by atoms with E-state index >= 15 is 0 Å². The van der Waals surface area contributed by atoms with Gasteiger partial charge in [-0.25, -0.2) is 0 Å². The van der Waals surface area contributed by atoms with Crippen molar-refractivity contribution in [3.05, 3.63) is 45.1 Å². The molecule has 0 saturated carbocycles. The van der Waals surface area contributed by atoms with Crippen molar-refractivity contribution in [3.8, 4) is 5.75 Å². The van der Waals surface area contributed by atoms with Gasteiger partial charge in [-0.15, -0.1) is 0 Å². The standard InChI is InChI=1S/C15H16Br2N2O2/c1-3-6-19-9-10(16)7-13(19)15(20)18-11-4-5-14(21-2)12(17)8-11/h4-5,7-9H,3,6H2,1-2H3,(H,18,20). The number of methoxy groups -OCH3 is 1. The fourth-order valence-electron chi connectivity index (χ4n) is 2.03. The van der Waals surface area contributed by atoms with Gasteiger partial charge >= 0.3 is 0 Å². The van der Waals surface area contributed by atoms with Gasteiger partial charge in [0.2, 0.25) is 0 Å². The van der Waals surface area contributed by atoms with Gasteiger partial charge in [0.15, 0.2) is 0 Å². The normalized spacial score (nSPS) is 10.5. The van der Waals surface area contributed by atoms with Crippen LogP contribution in [0.5, 0.6) is 5.75 Å². The lowest BCUT2D eigenvalue weighted by atomic mass is 10.3. The molecule has 0 spiro atoms. The topological polar surface area (TPSA) is 43.3 Å². The molecule has 2 aromatic rings. The summed E-state index contributed by atoms with van der Waals surface area (Å²) in [6.07, 6.45) is 2.89. The van der Waals surface area contributed by atoms with Gasteiger partial charge in [-0.05, 0) is 62.5 Å². The molecule has 1 N–H and O–H groups in total. The number of amides is 1. The van der Waals surface area contributed by atoms with E-state index in [2.05, 4.69) is 44.1 Å². The third kappa shape index (κ3) is 3.89. The monoisotopic (exact) mass is 414 g/mol. The third-order valence-electron chi connectivity index (χ3n) is 2.97. The number of aromatic nitrogens is 1. The maximum atomic E-state index is 12.4. The lowest BCUT2D eigenvalue weighted by Gasteiger charge is -2.10. The summed E-state index contributed by atoms with van der Waals surface area (Å²) in [4.78, 5) is 12.4. The van der Waals surface area contributed by atoms with E-state index in [0.29, 0.717) is 11.4 Å². The van der Waals surface area contributed by atoms with E-state index in [4.69, 9.17) is 4.74 Å². The van der Waals surface area contributed by atoms with Gasteiger partial charge in [0.1, 0.15) is 11.4 Å². The zero-order chi connectivity index (χ0) is 15.4. The number of benzene rings is 1. The third-order valence-corrected chi connectivity index (χ3v) is 4.02. The van der Waals surface area contributed by atoms with Crippen LogP contribution in [0.2, 0.25) is 0 Å². The van der Waals surface area contributed by atoms with Crippen LogP contribution in [0.3, 0.4) is 0 Å². The molecule has 21 heavy (non-hydrogen) atoms. The molecule has 0 aliphatic heterocycles. The highest BCUT2D eigenvalue weighted by molar-refractivity contribution is 9.10. The summed E-state index contributed by atoms with van der Waals surface area (Å²) in [5, 5.41) is 2.90. The van der Waals surface area contributed by atoms with Crippen LogP contribution in [0.4, 0.5) is 5.69 Å². The average molecular weight is 416 g/mol. The Morgan fingerprint density at radius 2 is 2.10 bits per heavy atom. The molecule has 1 heterocycles. The summed E-state index contributed by atoms with van der Waals surface area (Å²) >= 11 is 6.82. The SMILES string of the molecule is CCCn1cc(Br)cc1C(=O)Nc1ccc(OC)c(Br)c1. The number of hydrogen-bond donors (Lipinski definition) is 1. The fourth-order valence-corrected chi connectivity index (χ4v) is 3.04. The van der Waals surface area contributed by atoms with Crippen LogP contribution in [0.25, 0.3) is 0 Å². The first-order chi connectivity index (χ1) is 10.0. The first kappa shape index (κ1) is 16.1. The summed E-state index contributed by atoms with van der Waals surface area (Å²) in [7, 11) is 1.60. The summed E-state index contributed by atoms with van der Waals surface area (Å²) in [6, 6.07) is 7.26. The van der Waals surface area contributed by atoms with Crippen LogP contribution in [0.1, 0.15) is 23.8 Å². The van der Waals surface area contributed by atoms with E-state index in [1.807, 2.05) is 29.0 Å². The Morgan fingerprint density at radius 3 is 2.71 bits per heavy atom. The summed E-state index contributed by atoms with van der Waals surface area (Å²) in [5.74, 6) is 0.594. The first-order valence-electron chi connectivity index (χ1n) is 6.55. The fraction of sp³-hybridized carbons (Fsp3) is 0.267. The maximum absolute atomic E-state index is 12.4. The first-order valence-corrected chi connectivity index (χ1v) is 8.14. The minimum absolute atomic E-state index is 0.133. The lowest BCUT2D eigenvalue weighted by Crippen LogP contribution is -2.16. The van der Waals surface area contributed by atoms with E-state index in [9.17, 15) is 4.79 Å². The van der Waals surface area contributed by atoms with Crippen molar-refractivity contribution in [2.45, 2.75) is 19.9 Å². The number of rotatable bonds is 5. The van der Waals surface area contributed by atoms with Crippen LogP contribution in [-0.4, -0.2) is 17.6 Å². The summed E-state index contributed by atoms with van der Waals surface area (Å²) < 4.78 is 8.82.